The Morgan fingerprint density at radius 3 is 2.21 bits per heavy atom. The Bertz CT molecular complexity index is 542. The molecule has 0 saturated carbocycles. The zero-order valence-electron chi connectivity index (χ0n) is 9.98. The summed E-state index contributed by atoms with van der Waals surface area (Å²) < 4.78 is 5.05. The molecule has 2 aromatic carbocycles. The number of carbonyl (C=O) groups is 1. The molecule has 1 amide bonds. The van der Waals surface area contributed by atoms with Gasteiger partial charge in [-0.05, 0) is 29.7 Å². The van der Waals surface area contributed by atoms with Crippen molar-refractivity contribution in [2.75, 3.05) is 5.32 Å². The van der Waals surface area contributed by atoms with Crippen molar-refractivity contribution in [2.24, 2.45) is 0 Å². The fourth-order valence-corrected chi connectivity index (χ4v) is 1.48. The van der Waals surface area contributed by atoms with Crippen molar-refractivity contribution >= 4 is 24.4 Å². The minimum absolute atomic E-state index is 0.349. The normalized spacial score (nSPS) is 9.79. The number of carbonyl (C=O) groups excluding carboxylic acids is 1. The number of hydrogen-bond acceptors (Lipinski definition) is 4. The van der Waals surface area contributed by atoms with Gasteiger partial charge in [-0.25, -0.2) is 4.79 Å². The molecule has 0 spiro atoms. The van der Waals surface area contributed by atoms with Crippen molar-refractivity contribution in [2.45, 2.75) is 0 Å². The van der Waals surface area contributed by atoms with Crippen LogP contribution in [-0.2, 0) is 0 Å². The van der Waals surface area contributed by atoms with Crippen LogP contribution in [0.15, 0.2) is 54.6 Å². The molecule has 3 N–H and O–H groups in total. The van der Waals surface area contributed by atoms with E-state index in [0.717, 1.165) is 0 Å². The summed E-state index contributed by atoms with van der Waals surface area (Å²) in [4.78, 5) is 11.6. The Hall–Kier alpha value is -2.31. The van der Waals surface area contributed by atoms with Gasteiger partial charge in [0.1, 0.15) is 5.75 Å². The summed E-state index contributed by atoms with van der Waals surface area (Å²) >= 11 is 0. The maximum absolute atomic E-state index is 11.6. The zero-order valence-corrected chi connectivity index (χ0v) is 9.98. The minimum atomic E-state index is -1.52. The standard InChI is InChI=1S/C13H12BNO4/c16-13(19-12-4-2-1-3-5-12)15-11-8-6-10(7-9-11)14(17)18/h1-9,17-18H,(H,15,16). The monoisotopic (exact) mass is 257 g/mol. The SMILES string of the molecule is O=C(Nc1ccc(B(O)O)cc1)Oc1ccccc1. The average Bonchev–Trinajstić information content (AvgIpc) is 2.40. The lowest BCUT2D eigenvalue weighted by atomic mass is 9.80. The Kier molecular flexibility index (Phi) is 4.17. The molecule has 0 aliphatic heterocycles. The Morgan fingerprint density at radius 2 is 1.63 bits per heavy atom. The third-order valence-electron chi connectivity index (χ3n) is 2.41. The topological polar surface area (TPSA) is 78.8 Å². The molecule has 0 heterocycles. The second-order valence-corrected chi connectivity index (χ2v) is 3.82. The van der Waals surface area contributed by atoms with Gasteiger partial charge in [0.15, 0.2) is 0 Å². The molecule has 0 saturated heterocycles. The number of benzene rings is 2. The lowest BCUT2D eigenvalue weighted by Gasteiger charge is -2.07. The highest BCUT2D eigenvalue weighted by Gasteiger charge is 2.10. The van der Waals surface area contributed by atoms with Crippen molar-refractivity contribution < 1.29 is 19.6 Å². The molecule has 96 valence electrons. The second-order valence-electron chi connectivity index (χ2n) is 3.82. The highest BCUT2D eigenvalue weighted by atomic mass is 16.6. The fraction of sp³-hybridized carbons (Fsp3) is 0. The lowest BCUT2D eigenvalue weighted by molar-refractivity contribution is 0.215. The summed E-state index contributed by atoms with van der Waals surface area (Å²) in [6.45, 7) is 0. The number of rotatable bonds is 3. The quantitative estimate of drug-likeness (QED) is 0.716. The van der Waals surface area contributed by atoms with Crippen molar-refractivity contribution in [1.29, 1.82) is 0 Å². The van der Waals surface area contributed by atoms with Gasteiger partial charge in [-0.2, -0.15) is 0 Å². The molecule has 0 aliphatic rings. The van der Waals surface area contributed by atoms with E-state index in [1.54, 1.807) is 36.4 Å². The van der Waals surface area contributed by atoms with Gasteiger partial charge >= 0.3 is 13.2 Å². The first-order chi connectivity index (χ1) is 9.15. The van der Waals surface area contributed by atoms with Gasteiger partial charge in [0, 0.05) is 5.69 Å². The summed E-state index contributed by atoms with van der Waals surface area (Å²) in [5.41, 5.74) is 0.854. The van der Waals surface area contributed by atoms with Crippen molar-refractivity contribution in [3.8, 4) is 5.75 Å². The molecule has 0 radical (unpaired) electrons. The van der Waals surface area contributed by atoms with Gasteiger partial charge in [-0.3, -0.25) is 5.32 Å². The predicted octanol–water partition coefficient (Wildman–Crippen LogP) is 0.977. The molecular formula is C13H12BNO4. The third-order valence-corrected chi connectivity index (χ3v) is 2.41. The van der Waals surface area contributed by atoms with E-state index in [1.807, 2.05) is 6.07 Å². The van der Waals surface area contributed by atoms with Gasteiger partial charge in [0.25, 0.3) is 0 Å². The maximum atomic E-state index is 11.6. The van der Waals surface area contributed by atoms with E-state index in [4.69, 9.17) is 14.8 Å². The number of nitrogens with one attached hydrogen (secondary N) is 1. The van der Waals surface area contributed by atoms with E-state index in [1.165, 1.54) is 12.1 Å². The van der Waals surface area contributed by atoms with Crippen LogP contribution in [0.25, 0.3) is 0 Å². The summed E-state index contributed by atoms with van der Waals surface area (Å²) in [6.07, 6.45) is -0.608. The van der Waals surface area contributed by atoms with E-state index in [0.29, 0.717) is 16.9 Å². The van der Waals surface area contributed by atoms with Crippen LogP contribution in [0.1, 0.15) is 0 Å². The Labute approximate surface area is 110 Å². The second kappa shape index (κ2) is 6.04. The number of amides is 1. The van der Waals surface area contributed by atoms with E-state index in [2.05, 4.69) is 5.32 Å². The van der Waals surface area contributed by atoms with E-state index < -0.39 is 13.2 Å². The summed E-state index contributed by atoms with van der Waals surface area (Å²) in [7, 11) is -1.52. The zero-order chi connectivity index (χ0) is 13.7. The van der Waals surface area contributed by atoms with Crippen LogP contribution in [0.4, 0.5) is 10.5 Å². The largest absolute Gasteiger partial charge is 0.488 e. The van der Waals surface area contributed by atoms with Crippen LogP contribution < -0.4 is 15.5 Å². The molecule has 0 atom stereocenters. The molecule has 0 aromatic heterocycles. The third kappa shape index (κ3) is 3.84. The summed E-state index contributed by atoms with van der Waals surface area (Å²) in [6, 6.07) is 14.8. The van der Waals surface area contributed by atoms with E-state index in [9.17, 15) is 4.79 Å². The van der Waals surface area contributed by atoms with Gasteiger partial charge in [0.05, 0.1) is 0 Å². The van der Waals surface area contributed by atoms with E-state index >= 15 is 0 Å². The van der Waals surface area contributed by atoms with Crippen LogP contribution in [-0.4, -0.2) is 23.3 Å². The molecule has 5 nitrogen and oxygen atoms in total. The molecule has 0 fully saturated rings. The maximum Gasteiger partial charge on any atom is 0.488 e. The first-order valence-electron chi connectivity index (χ1n) is 5.65. The molecule has 19 heavy (non-hydrogen) atoms. The van der Waals surface area contributed by atoms with Gasteiger partial charge < -0.3 is 14.8 Å². The summed E-state index contributed by atoms with van der Waals surface area (Å²) in [5.74, 6) is 0.447. The first-order valence-corrected chi connectivity index (χ1v) is 5.65. The van der Waals surface area contributed by atoms with Crippen molar-refractivity contribution in [3.05, 3.63) is 54.6 Å². The number of hydrogen-bond donors (Lipinski definition) is 3. The van der Waals surface area contributed by atoms with Crippen LogP contribution >= 0.6 is 0 Å². The van der Waals surface area contributed by atoms with Crippen molar-refractivity contribution in [3.63, 3.8) is 0 Å². The highest BCUT2D eigenvalue weighted by molar-refractivity contribution is 6.58. The first kappa shape index (κ1) is 13.1. The molecule has 0 aliphatic carbocycles. The molecule has 0 bridgehead atoms. The molecule has 2 rings (SSSR count). The van der Waals surface area contributed by atoms with Crippen LogP contribution in [0, 0.1) is 0 Å². The average molecular weight is 257 g/mol. The molecular weight excluding hydrogens is 245 g/mol. The Morgan fingerprint density at radius 1 is 1.00 bits per heavy atom. The lowest BCUT2D eigenvalue weighted by Crippen LogP contribution is -2.29. The number of anilines is 1. The summed E-state index contributed by atoms with van der Waals surface area (Å²) in [5, 5.41) is 20.4. The predicted molar refractivity (Wildman–Crippen MR) is 72.4 cm³/mol. The van der Waals surface area contributed by atoms with E-state index in [-0.39, 0.29) is 0 Å². The number of ether oxygens (including phenoxy) is 1. The molecule has 2 aromatic rings. The molecule has 6 heteroatoms. The van der Waals surface area contributed by atoms with Crippen LogP contribution in [0.2, 0.25) is 0 Å². The minimum Gasteiger partial charge on any atom is -0.423 e. The van der Waals surface area contributed by atoms with Crippen LogP contribution in [0.5, 0.6) is 5.75 Å². The Balaban J connectivity index is 1.95. The highest BCUT2D eigenvalue weighted by Crippen LogP contribution is 2.10. The van der Waals surface area contributed by atoms with Gasteiger partial charge in [-0.1, -0.05) is 30.3 Å². The van der Waals surface area contributed by atoms with Gasteiger partial charge in [0.2, 0.25) is 0 Å². The number of para-hydroxylation sites is 1. The smallest absolute Gasteiger partial charge is 0.423 e. The van der Waals surface area contributed by atoms with Crippen molar-refractivity contribution in [1.82, 2.24) is 0 Å². The van der Waals surface area contributed by atoms with Crippen LogP contribution in [0.3, 0.4) is 0 Å². The molecule has 0 unspecified atom stereocenters. The van der Waals surface area contributed by atoms with Gasteiger partial charge in [-0.15, -0.1) is 0 Å². The fourth-order valence-electron chi connectivity index (χ4n) is 1.48.